The van der Waals surface area contributed by atoms with Crippen LogP contribution >= 0.6 is 0 Å². The summed E-state index contributed by atoms with van der Waals surface area (Å²) in [6, 6.07) is 12.7. The Kier molecular flexibility index (Phi) is 4.23. The molecule has 1 aliphatic carbocycles. The van der Waals surface area contributed by atoms with Gasteiger partial charge in [-0.2, -0.15) is 0 Å². The Morgan fingerprint density at radius 3 is 2.65 bits per heavy atom. The number of nitrogens with zero attached hydrogens (tertiary/aromatic N) is 2. The molecule has 0 fully saturated rings. The zero-order valence-electron chi connectivity index (χ0n) is 16.4. The third-order valence-electron chi connectivity index (χ3n) is 5.16. The number of aromatic amines is 1. The number of H-pyrrole nitrogens is 1. The summed E-state index contributed by atoms with van der Waals surface area (Å²) < 4.78 is 0. The van der Waals surface area contributed by atoms with Gasteiger partial charge in [0.1, 0.15) is 11.4 Å². The molecule has 1 aromatic carbocycles. The molecule has 0 saturated carbocycles. The van der Waals surface area contributed by atoms with Crippen molar-refractivity contribution in [2.45, 2.75) is 13.5 Å². The van der Waals surface area contributed by atoms with Gasteiger partial charge in [0.25, 0.3) is 0 Å². The van der Waals surface area contributed by atoms with Gasteiger partial charge in [-0.05, 0) is 24.3 Å². The Morgan fingerprint density at radius 1 is 1.06 bits per heavy atom. The summed E-state index contributed by atoms with van der Waals surface area (Å²) >= 11 is 0. The van der Waals surface area contributed by atoms with Gasteiger partial charge in [0, 0.05) is 29.3 Å². The third kappa shape index (κ3) is 3.01. The van der Waals surface area contributed by atoms with Crippen molar-refractivity contribution in [2.24, 2.45) is 0 Å². The van der Waals surface area contributed by atoms with Crippen molar-refractivity contribution in [2.75, 3.05) is 0 Å². The number of rotatable bonds is 3. The lowest BCUT2D eigenvalue weighted by atomic mass is 9.96. The van der Waals surface area contributed by atoms with E-state index in [1.165, 1.54) is 13.0 Å². The van der Waals surface area contributed by atoms with Crippen LogP contribution in [-0.2, 0) is 11.4 Å². The number of carbonyl (C=O) groups is 3. The van der Waals surface area contributed by atoms with Crippen LogP contribution in [-0.4, -0.2) is 37.5 Å². The number of nitrogens with one attached hydrogen (secondary N) is 2. The van der Waals surface area contributed by atoms with Crippen LogP contribution in [0.4, 0.5) is 0 Å². The minimum absolute atomic E-state index is 0.0470. The molecule has 3 heterocycles. The van der Waals surface area contributed by atoms with Crippen LogP contribution < -0.4 is 5.32 Å². The Morgan fingerprint density at radius 2 is 1.87 bits per heavy atom. The average molecular weight is 412 g/mol. The predicted molar refractivity (Wildman–Crippen MR) is 113 cm³/mol. The SMILES string of the molecule is CC(=O)NC1=CC(=O)c2ccc(-c3nc(CO)cc4c3[nH]c3ccccc34)nc2C1=O. The van der Waals surface area contributed by atoms with Gasteiger partial charge in [0.2, 0.25) is 11.7 Å². The van der Waals surface area contributed by atoms with E-state index in [0.717, 1.165) is 22.4 Å². The van der Waals surface area contributed by atoms with Gasteiger partial charge < -0.3 is 15.4 Å². The van der Waals surface area contributed by atoms with Crippen LogP contribution in [0.3, 0.4) is 0 Å². The first-order valence-corrected chi connectivity index (χ1v) is 9.57. The quantitative estimate of drug-likeness (QED) is 0.475. The monoisotopic (exact) mass is 412 g/mol. The molecular weight excluding hydrogens is 396 g/mol. The normalized spacial score (nSPS) is 13.4. The van der Waals surface area contributed by atoms with Crippen molar-refractivity contribution in [3.63, 3.8) is 0 Å². The van der Waals surface area contributed by atoms with Crippen LogP contribution in [0, 0.1) is 0 Å². The Hall–Kier alpha value is -4.17. The van der Waals surface area contributed by atoms with Gasteiger partial charge in [-0.1, -0.05) is 18.2 Å². The number of Topliss-reactive ketones (excluding diaryl/α,β-unsaturated/α-hetero) is 1. The summed E-state index contributed by atoms with van der Waals surface area (Å²) in [4.78, 5) is 49.0. The van der Waals surface area contributed by atoms with Crippen molar-refractivity contribution >= 4 is 39.3 Å². The van der Waals surface area contributed by atoms with Crippen molar-refractivity contribution in [1.29, 1.82) is 0 Å². The number of allylic oxidation sites excluding steroid dienone is 2. The maximum Gasteiger partial charge on any atom is 0.228 e. The fraction of sp³-hybridized carbons (Fsp3) is 0.0870. The van der Waals surface area contributed by atoms with Crippen LogP contribution in [0.2, 0.25) is 0 Å². The second-order valence-corrected chi connectivity index (χ2v) is 7.24. The molecule has 31 heavy (non-hydrogen) atoms. The summed E-state index contributed by atoms with van der Waals surface area (Å²) in [5.74, 6) is -1.41. The number of aliphatic hydroxyl groups is 1. The fourth-order valence-electron chi connectivity index (χ4n) is 3.81. The second kappa shape index (κ2) is 6.96. The first kappa shape index (κ1) is 18.8. The summed E-state index contributed by atoms with van der Waals surface area (Å²) in [7, 11) is 0. The van der Waals surface area contributed by atoms with Crippen LogP contribution in [0.25, 0.3) is 33.2 Å². The highest BCUT2D eigenvalue weighted by Crippen LogP contribution is 2.33. The molecule has 0 spiro atoms. The van der Waals surface area contributed by atoms with E-state index in [-0.39, 0.29) is 23.6 Å². The summed E-state index contributed by atoms with van der Waals surface area (Å²) in [5, 5.41) is 13.9. The topological polar surface area (TPSA) is 125 Å². The zero-order valence-corrected chi connectivity index (χ0v) is 16.4. The molecule has 3 N–H and O–H groups in total. The second-order valence-electron chi connectivity index (χ2n) is 7.24. The van der Waals surface area contributed by atoms with Crippen molar-refractivity contribution in [3.8, 4) is 11.4 Å². The molecule has 0 atom stereocenters. The number of amides is 1. The molecular formula is C23H16N4O4. The third-order valence-corrected chi connectivity index (χ3v) is 5.16. The minimum Gasteiger partial charge on any atom is -0.390 e. The van der Waals surface area contributed by atoms with Gasteiger partial charge in [0.05, 0.1) is 34.8 Å². The van der Waals surface area contributed by atoms with Crippen molar-refractivity contribution in [3.05, 3.63) is 71.2 Å². The van der Waals surface area contributed by atoms with E-state index in [4.69, 9.17) is 0 Å². The predicted octanol–water partition coefficient (Wildman–Crippen LogP) is 2.67. The molecule has 1 amide bonds. The lowest BCUT2D eigenvalue weighted by Crippen LogP contribution is -2.30. The highest BCUT2D eigenvalue weighted by Gasteiger charge is 2.28. The molecule has 0 radical (unpaired) electrons. The van der Waals surface area contributed by atoms with Gasteiger partial charge in [0.15, 0.2) is 5.78 Å². The van der Waals surface area contributed by atoms with E-state index >= 15 is 0 Å². The molecule has 152 valence electrons. The maximum atomic E-state index is 12.8. The summed E-state index contributed by atoms with van der Waals surface area (Å²) in [5.41, 5.74) is 2.89. The number of fused-ring (bicyclic) bond motifs is 4. The number of aliphatic hydroxyl groups excluding tert-OH is 1. The van der Waals surface area contributed by atoms with Crippen LogP contribution in [0.1, 0.15) is 33.5 Å². The molecule has 0 unspecified atom stereocenters. The van der Waals surface area contributed by atoms with Gasteiger partial charge in [-0.3, -0.25) is 14.4 Å². The highest BCUT2D eigenvalue weighted by molar-refractivity contribution is 6.24. The Labute approximate surface area is 175 Å². The number of benzene rings is 1. The number of hydrogen-bond donors (Lipinski definition) is 3. The van der Waals surface area contributed by atoms with Gasteiger partial charge >= 0.3 is 0 Å². The van der Waals surface area contributed by atoms with Gasteiger partial charge in [-0.25, -0.2) is 9.97 Å². The number of pyridine rings is 2. The molecule has 8 nitrogen and oxygen atoms in total. The lowest BCUT2D eigenvalue weighted by molar-refractivity contribution is -0.118. The van der Waals surface area contributed by atoms with E-state index in [1.807, 2.05) is 30.3 Å². The van der Waals surface area contributed by atoms with E-state index in [0.29, 0.717) is 22.6 Å². The summed E-state index contributed by atoms with van der Waals surface area (Å²) in [6.07, 6.45) is 1.11. The number of para-hydroxylation sites is 1. The van der Waals surface area contributed by atoms with Crippen LogP contribution in [0.5, 0.6) is 0 Å². The molecule has 0 aliphatic heterocycles. The van der Waals surface area contributed by atoms with E-state index < -0.39 is 17.5 Å². The average Bonchev–Trinajstić information content (AvgIpc) is 3.14. The molecule has 4 aromatic rings. The first-order valence-electron chi connectivity index (χ1n) is 9.57. The number of carbonyl (C=O) groups excluding carboxylic acids is 3. The highest BCUT2D eigenvalue weighted by atomic mass is 16.3. The summed E-state index contributed by atoms with van der Waals surface area (Å²) in [6.45, 7) is 0.995. The molecule has 3 aromatic heterocycles. The van der Waals surface area contributed by atoms with E-state index in [2.05, 4.69) is 20.3 Å². The van der Waals surface area contributed by atoms with Crippen molar-refractivity contribution < 1.29 is 19.5 Å². The standard InChI is InChI=1S/C23H16N4O4/c1-11(29)24-18-9-19(30)14-6-7-17(27-21(14)23(18)31)22-20-15(8-12(10-28)25-22)13-4-2-3-5-16(13)26-20/h2-9,26,28H,10H2,1H3,(H,24,29). The van der Waals surface area contributed by atoms with Crippen LogP contribution in [0.15, 0.2) is 54.2 Å². The first-order chi connectivity index (χ1) is 15.0. The Bertz CT molecular complexity index is 1470. The Balaban J connectivity index is 1.72. The van der Waals surface area contributed by atoms with E-state index in [1.54, 1.807) is 6.07 Å². The van der Waals surface area contributed by atoms with Gasteiger partial charge in [-0.15, -0.1) is 0 Å². The molecule has 0 bridgehead atoms. The van der Waals surface area contributed by atoms with E-state index in [9.17, 15) is 19.5 Å². The number of ketones is 2. The molecule has 5 rings (SSSR count). The molecule has 0 saturated heterocycles. The molecule has 1 aliphatic rings. The largest absolute Gasteiger partial charge is 0.390 e. The maximum absolute atomic E-state index is 12.8. The lowest BCUT2D eigenvalue weighted by Gasteiger charge is -2.15. The zero-order chi connectivity index (χ0) is 21.7. The van der Waals surface area contributed by atoms with Crippen molar-refractivity contribution in [1.82, 2.24) is 20.3 Å². The smallest absolute Gasteiger partial charge is 0.228 e. The number of hydrogen-bond acceptors (Lipinski definition) is 6. The number of aromatic nitrogens is 3. The minimum atomic E-state index is -0.544. The fourth-order valence-corrected chi connectivity index (χ4v) is 3.81. The molecule has 8 heteroatoms.